The fourth-order valence-corrected chi connectivity index (χ4v) is 3.10. The van der Waals surface area contributed by atoms with Gasteiger partial charge in [0.25, 0.3) is 0 Å². The molecule has 5 heteroatoms. The first-order valence-corrected chi connectivity index (χ1v) is 9.13. The highest BCUT2D eigenvalue weighted by Crippen LogP contribution is 2.24. The van der Waals surface area contributed by atoms with Crippen LogP contribution in [0.25, 0.3) is 11.5 Å². The number of oxazole rings is 1. The van der Waals surface area contributed by atoms with Gasteiger partial charge in [-0.05, 0) is 37.1 Å². The van der Waals surface area contributed by atoms with E-state index in [1.807, 2.05) is 62.4 Å². The van der Waals surface area contributed by atoms with Crippen molar-refractivity contribution in [2.45, 2.75) is 19.6 Å². The van der Waals surface area contributed by atoms with Crippen molar-refractivity contribution in [1.29, 1.82) is 0 Å². The van der Waals surface area contributed by atoms with E-state index >= 15 is 0 Å². The van der Waals surface area contributed by atoms with E-state index in [2.05, 4.69) is 4.98 Å². The molecule has 0 bridgehead atoms. The number of esters is 1. The van der Waals surface area contributed by atoms with E-state index in [9.17, 15) is 4.79 Å². The van der Waals surface area contributed by atoms with Gasteiger partial charge in [0.2, 0.25) is 5.89 Å². The Balaban J connectivity index is 1.51. The maximum atomic E-state index is 12.0. The van der Waals surface area contributed by atoms with E-state index < -0.39 is 0 Å². The van der Waals surface area contributed by atoms with Crippen molar-refractivity contribution in [2.75, 3.05) is 5.75 Å². The van der Waals surface area contributed by atoms with Gasteiger partial charge in [0.15, 0.2) is 0 Å². The van der Waals surface area contributed by atoms with Gasteiger partial charge in [0, 0.05) is 11.3 Å². The van der Waals surface area contributed by atoms with Crippen molar-refractivity contribution < 1.29 is 13.9 Å². The number of thioether (sulfide) groups is 1. The molecule has 0 N–H and O–H groups in total. The van der Waals surface area contributed by atoms with Gasteiger partial charge in [0.05, 0.1) is 11.4 Å². The zero-order chi connectivity index (χ0) is 17.6. The SMILES string of the molecule is Cc1cccc(C)c1OC(=O)CSCc1coc(-c2ccccc2)n1. The largest absolute Gasteiger partial charge is 0.444 e. The molecule has 3 aromatic rings. The minimum Gasteiger partial charge on any atom is -0.444 e. The maximum Gasteiger partial charge on any atom is 0.321 e. The molecule has 0 saturated heterocycles. The summed E-state index contributed by atoms with van der Waals surface area (Å²) in [4.78, 5) is 16.5. The second kappa shape index (κ2) is 8.03. The Morgan fingerprint density at radius 3 is 2.52 bits per heavy atom. The van der Waals surface area contributed by atoms with Gasteiger partial charge in [-0.3, -0.25) is 4.79 Å². The van der Waals surface area contributed by atoms with Gasteiger partial charge in [-0.25, -0.2) is 4.98 Å². The number of aryl methyl sites for hydroxylation is 2. The van der Waals surface area contributed by atoms with Crippen LogP contribution in [0.3, 0.4) is 0 Å². The Morgan fingerprint density at radius 1 is 1.08 bits per heavy atom. The lowest BCUT2D eigenvalue weighted by Gasteiger charge is -2.09. The van der Waals surface area contributed by atoms with Crippen LogP contribution < -0.4 is 4.74 Å². The molecule has 0 amide bonds. The normalized spacial score (nSPS) is 10.6. The van der Waals surface area contributed by atoms with Gasteiger partial charge in [-0.15, -0.1) is 11.8 Å². The monoisotopic (exact) mass is 353 g/mol. The Morgan fingerprint density at radius 2 is 1.80 bits per heavy atom. The van der Waals surface area contributed by atoms with E-state index in [4.69, 9.17) is 9.15 Å². The van der Waals surface area contributed by atoms with Crippen LogP contribution in [0.4, 0.5) is 0 Å². The number of carbonyl (C=O) groups excluding carboxylic acids is 1. The quantitative estimate of drug-likeness (QED) is 0.471. The molecule has 0 unspecified atom stereocenters. The summed E-state index contributed by atoms with van der Waals surface area (Å²) in [5, 5.41) is 0. The van der Waals surface area contributed by atoms with E-state index in [0.29, 0.717) is 17.4 Å². The summed E-state index contributed by atoms with van der Waals surface area (Å²) >= 11 is 1.46. The summed E-state index contributed by atoms with van der Waals surface area (Å²) in [5.74, 6) is 1.85. The third kappa shape index (κ3) is 4.51. The zero-order valence-electron chi connectivity index (χ0n) is 14.2. The minimum atomic E-state index is -0.255. The van der Waals surface area contributed by atoms with Crippen molar-refractivity contribution in [1.82, 2.24) is 4.98 Å². The molecular weight excluding hydrogens is 334 g/mol. The first-order valence-electron chi connectivity index (χ1n) is 7.98. The number of hydrogen-bond donors (Lipinski definition) is 0. The van der Waals surface area contributed by atoms with Gasteiger partial charge in [-0.2, -0.15) is 0 Å². The van der Waals surface area contributed by atoms with E-state index in [-0.39, 0.29) is 11.7 Å². The van der Waals surface area contributed by atoms with Gasteiger partial charge in [0.1, 0.15) is 12.0 Å². The average Bonchev–Trinajstić information content (AvgIpc) is 3.08. The van der Waals surface area contributed by atoms with Gasteiger partial charge in [-0.1, -0.05) is 36.4 Å². The molecule has 0 radical (unpaired) electrons. The van der Waals surface area contributed by atoms with Crippen LogP contribution in [0.15, 0.2) is 59.2 Å². The van der Waals surface area contributed by atoms with E-state index in [0.717, 1.165) is 22.4 Å². The number of nitrogens with zero attached hydrogens (tertiary/aromatic N) is 1. The van der Waals surface area contributed by atoms with Crippen molar-refractivity contribution in [3.8, 4) is 17.2 Å². The van der Waals surface area contributed by atoms with Crippen molar-refractivity contribution in [3.63, 3.8) is 0 Å². The molecule has 0 saturated carbocycles. The number of benzene rings is 2. The van der Waals surface area contributed by atoms with Crippen molar-refractivity contribution in [2.24, 2.45) is 0 Å². The molecule has 4 nitrogen and oxygen atoms in total. The number of carbonyl (C=O) groups is 1. The Hall–Kier alpha value is -2.53. The first-order chi connectivity index (χ1) is 12.1. The summed E-state index contributed by atoms with van der Waals surface area (Å²) in [7, 11) is 0. The number of ether oxygens (including phenoxy) is 1. The molecule has 0 aliphatic carbocycles. The van der Waals surface area contributed by atoms with Crippen LogP contribution in [0.2, 0.25) is 0 Å². The Kier molecular flexibility index (Phi) is 5.56. The smallest absolute Gasteiger partial charge is 0.321 e. The number of para-hydroxylation sites is 1. The number of aromatic nitrogens is 1. The second-order valence-corrected chi connectivity index (χ2v) is 6.68. The Labute approximate surface area is 151 Å². The van der Waals surface area contributed by atoms with E-state index in [1.54, 1.807) is 6.26 Å². The van der Waals surface area contributed by atoms with Crippen LogP contribution in [-0.2, 0) is 10.5 Å². The highest BCUT2D eigenvalue weighted by atomic mass is 32.2. The molecule has 0 aliphatic heterocycles. The van der Waals surface area contributed by atoms with Crippen LogP contribution in [0, 0.1) is 13.8 Å². The van der Waals surface area contributed by atoms with Crippen LogP contribution in [0.1, 0.15) is 16.8 Å². The van der Waals surface area contributed by atoms with E-state index in [1.165, 1.54) is 11.8 Å². The summed E-state index contributed by atoms with van der Waals surface area (Å²) in [6.45, 7) is 3.87. The van der Waals surface area contributed by atoms with Crippen LogP contribution >= 0.6 is 11.8 Å². The molecule has 1 aromatic heterocycles. The lowest BCUT2D eigenvalue weighted by molar-refractivity contribution is -0.131. The third-order valence-electron chi connectivity index (χ3n) is 3.67. The molecule has 2 aromatic carbocycles. The molecule has 128 valence electrons. The van der Waals surface area contributed by atoms with Crippen molar-refractivity contribution >= 4 is 17.7 Å². The molecule has 25 heavy (non-hydrogen) atoms. The minimum absolute atomic E-state index is 0.255. The fourth-order valence-electron chi connectivity index (χ4n) is 2.43. The third-order valence-corrected chi connectivity index (χ3v) is 4.61. The molecule has 0 atom stereocenters. The van der Waals surface area contributed by atoms with Crippen LogP contribution in [0.5, 0.6) is 5.75 Å². The summed E-state index contributed by atoms with van der Waals surface area (Å²) < 4.78 is 11.0. The van der Waals surface area contributed by atoms with Gasteiger partial charge < -0.3 is 9.15 Å². The first kappa shape index (κ1) is 17.3. The predicted molar refractivity (Wildman–Crippen MR) is 99.7 cm³/mol. The fraction of sp³-hybridized carbons (Fsp3) is 0.200. The molecular formula is C20H19NO3S. The predicted octanol–water partition coefficient (Wildman–Crippen LogP) is 4.80. The molecule has 3 rings (SSSR count). The molecule has 0 aliphatic rings. The standard InChI is InChI=1S/C20H19NO3S/c1-14-7-6-8-15(2)19(14)24-18(22)13-25-12-17-11-23-20(21-17)16-9-4-3-5-10-16/h3-11H,12-13H2,1-2H3. The highest BCUT2D eigenvalue weighted by Gasteiger charge is 2.11. The topological polar surface area (TPSA) is 52.3 Å². The van der Waals surface area contributed by atoms with Crippen molar-refractivity contribution in [3.05, 3.63) is 71.6 Å². The second-order valence-electron chi connectivity index (χ2n) is 5.70. The molecule has 1 heterocycles. The highest BCUT2D eigenvalue weighted by molar-refractivity contribution is 7.99. The summed E-state index contributed by atoms with van der Waals surface area (Å²) in [6, 6.07) is 15.5. The summed E-state index contributed by atoms with van der Waals surface area (Å²) in [6.07, 6.45) is 1.63. The Bertz CT molecular complexity index is 838. The summed E-state index contributed by atoms with van der Waals surface area (Å²) in [5.41, 5.74) is 3.67. The molecule has 0 spiro atoms. The average molecular weight is 353 g/mol. The molecule has 0 fully saturated rings. The van der Waals surface area contributed by atoms with Gasteiger partial charge >= 0.3 is 5.97 Å². The number of hydrogen-bond acceptors (Lipinski definition) is 5. The lowest BCUT2D eigenvalue weighted by Crippen LogP contribution is -2.12. The number of rotatable bonds is 6. The lowest BCUT2D eigenvalue weighted by atomic mass is 10.1. The maximum absolute atomic E-state index is 12.0. The zero-order valence-corrected chi connectivity index (χ0v) is 15.0. The van der Waals surface area contributed by atoms with Crippen LogP contribution in [-0.4, -0.2) is 16.7 Å².